The summed E-state index contributed by atoms with van der Waals surface area (Å²) < 4.78 is 7.52. The fraction of sp³-hybridized carbons (Fsp3) is 0.524. The lowest BCUT2D eigenvalue weighted by Gasteiger charge is -2.37. The van der Waals surface area contributed by atoms with Crippen LogP contribution in [0.2, 0.25) is 0 Å². The van der Waals surface area contributed by atoms with Gasteiger partial charge in [-0.25, -0.2) is 0 Å². The molecular weight excluding hydrogens is 356 g/mol. The van der Waals surface area contributed by atoms with Gasteiger partial charge in [0.2, 0.25) is 5.91 Å². The van der Waals surface area contributed by atoms with Crippen molar-refractivity contribution in [1.82, 2.24) is 14.7 Å². The van der Waals surface area contributed by atoms with E-state index in [1.54, 1.807) is 10.9 Å². The molecule has 2 heterocycles. The summed E-state index contributed by atoms with van der Waals surface area (Å²) in [6.07, 6.45) is 2.96. The molecular formula is C21H30N4O3. The summed E-state index contributed by atoms with van der Waals surface area (Å²) in [5.41, 5.74) is 3.08. The van der Waals surface area contributed by atoms with Gasteiger partial charge in [-0.05, 0) is 56.9 Å². The number of carbonyl (C=O) groups excluding carboxylic acids is 1. The quantitative estimate of drug-likeness (QED) is 0.796. The van der Waals surface area contributed by atoms with Gasteiger partial charge < -0.3 is 15.2 Å². The Morgan fingerprint density at radius 2 is 1.96 bits per heavy atom. The molecule has 0 aliphatic carbocycles. The van der Waals surface area contributed by atoms with E-state index in [-0.39, 0.29) is 12.5 Å². The Hall–Kier alpha value is -2.38. The highest BCUT2D eigenvalue weighted by atomic mass is 16.5. The number of rotatable bonds is 6. The monoisotopic (exact) mass is 386 g/mol. The number of hydrogen-bond donors (Lipinski definition) is 2. The fourth-order valence-electron chi connectivity index (χ4n) is 3.41. The van der Waals surface area contributed by atoms with E-state index in [1.807, 2.05) is 39.1 Å². The second-order valence-electron chi connectivity index (χ2n) is 7.89. The zero-order valence-electron chi connectivity index (χ0n) is 17.2. The lowest BCUT2D eigenvalue weighted by molar-refractivity contribution is -0.119. The number of amides is 1. The van der Waals surface area contributed by atoms with E-state index in [0.29, 0.717) is 32.5 Å². The fourth-order valence-corrected chi connectivity index (χ4v) is 3.41. The standard InChI is InChI=1S/C21H30N4O3/c1-15-5-6-18(11-16(15)2)28-14-21(27)7-9-25(10-8-21)13-20(26)22-19-12-24(4)23-17(19)3/h5-6,11-12,27H,7-10,13-14H2,1-4H3,(H,22,26). The Kier molecular flexibility index (Phi) is 6.05. The van der Waals surface area contributed by atoms with Gasteiger partial charge in [0.15, 0.2) is 0 Å². The van der Waals surface area contributed by atoms with Gasteiger partial charge in [0.25, 0.3) is 0 Å². The van der Waals surface area contributed by atoms with Crippen molar-refractivity contribution in [3.05, 3.63) is 41.2 Å². The molecule has 7 heteroatoms. The van der Waals surface area contributed by atoms with Crippen molar-refractivity contribution in [2.24, 2.45) is 7.05 Å². The highest BCUT2D eigenvalue weighted by Gasteiger charge is 2.33. The molecule has 2 aromatic rings. The molecule has 28 heavy (non-hydrogen) atoms. The third-order valence-electron chi connectivity index (χ3n) is 5.43. The Bertz CT molecular complexity index is 838. The molecule has 0 radical (unpaired) electrons. The minimum absolute atomic E-state index is 0.0621. The molecule has 1 amide bonds. The average molecular weight is 386 g/mol. The van der Waals surface area contributed by atoms with Crippen LogP contribution in [-0.2, 0) is 11.8 Å². The molecule has 3 rings (SSSR count). The number of nitrogens with zero attached hydrogens (tertiary/aromatic N) is 3. The van der Waals surface area contributed by atoms with E-state index >= 15 is 0 Å². The predicted octanol–water partition coefficient (Wildman–Crippen LogP) is 2.19. The minimum atomic E-state index is -0.855. The summed E-state index contributed by atoms with van der Waals surface area (Å²) in [6.45, 7) is 7.87. The molecule has 2 N–H and O–H groups in total. The molecule has 1 aliphatic heterocycles. The minimum Gasteiger partial charge on any atom is -0.491 e. The first-order valence-corrected chi connectivity index (χ1v) is 9.69. The Morgan fingerprint density at radius 3 is 2.57 bits per heavy atom. The van der Waals surface area contributed by atoms with E-state index < -0.39 is 5.60 Å². The highest BCUT2D eigenvalue weighted by Crippen LogP contribution is 2.25. The molecule has 0 atom stereocenters. The molecule has 1 fully saturated rings. The van der Waals surface area contributed by atoms with Crippen molar-refractivity contribution in [1.29, 1.82) is 0 Å². The van der Waals surface area contributed by atoms with Crippen LogP contribution in [0.4, 0.5) is 5.69 Å². The van der Waals surface area contributed by atoms with Crippen molar-refractivity contribution in [2.45, 2.75) is 39.2 Å². The summed E-state index contributed by atoms with van der Waals surface area (Å²) in [7, 11) is 1.83. The van der Waals surface area contributed by atoms with Gasteiger partial charge in [-0.15, -0.1) is 0 Å². The predicted molar refractivity (Wildman–Crippen MR) is 109 cm³/mol. The second-order valence-corrected chi connectivity index (χ2v) is 7.89. The number of likely N-dealkylation sites (tertiary alicyclic amines) is 1. The van der Waals surface area contributed by atoms with Crippen LogP contribution in [0, 0.1) is 20.8 Å². The van der Waals surface area contributed by atoms with Gasteiger partial charge in [0.05, 0.1) is 17.9 Å². The first kappa shape index (κ1) is 20.4. The third kappa shape index (κ3) is 5.11. The van der Waals surface area contributed by atoms with Crippen molar-refractivity contribution in [2.75, 3.05) is 31.6 Å². The molecule has 0 bridgehead atoms. The number of piperidine rings is 1. The normalized spacial score (nSPS) is 16.8. The SMILES string of the molecule is Cc1ccc(OCC2(O)CCN(CC(=O)Nc3cn(C)nc3C)CC2)cc1C. The number of nitrogens with one attached hydrogen (secondary N) is 1. The largest absolute Gasteiger partial charge is 0.491 e. The number of aryl methyl sites for hydroxylation is 4. The molecule has 1 saturated heterocycles. The molecule has 1 aliphatic rings. The lowest BCUT2D eigenvalue weighted by atomic mass is 9.92. The first-order valence-electron chi connectivity index (χ1n) is 9.69. The van der Waals surface area contributed by atoms with Crippen LogP contribution < -0.4 is 10.1 Å². The van der Waals surface area contributed by atoms with Gasteiger partial charge in [-0.2, -0.15) is 5.10 Å². The second kappa shape index (κ2) is 8.32. The molecule has 0 spiro atoms. The number of ether oxygens (including phenoxy) is 1. The molecule has 1 aromatic heterocycles. The van der Waals surface area contributed by atoms with E-state index in [2.05, 4.69) is 22.2 Å². The van der Waals surface area contributed by atoms with Gasteiger partial charge in [0.1, 0.15) is 18.0 Å². The van der Waals surface area contributed by atoms with E-state index in [9.17, 15) is 9.90 Å². The summed E-state index contributed by atoms with van der Waals surface area (Å²) in [5.74, 6) is 0.720. The van der Waals surface area contributed by atoms with Crippen LogP contribution in [-0.4, -0.2) is 57.5 Å². The number of carbonyl (C=O) groups is 1. The van der Waals surface area contributed by atoms with Gasteiger partial charge in [-0.1, -0.05) is 6.07 Å². The summed E-state index contributed by atoms with van der Waals surface area (Å²) in [5, 5.41) is 18.0. The molecule has 152 valence electrons. The number of aliphatic hydroxyl groups is 1. The maximum Gasteiger partial charge on any atom is 0.238 e. The summed E-state index contributed by atoms with van der Waals surface area (Å²) in [4.78, 5) is 14.4. The summed E-state index contributed by atoms with van der Waals surface area (Å²) >= 11 is 0. The van der Waals surface area contributed by atoms with Gasteiger partial charge in [-0.3, -0.25) is 14.4 Å². The first-order chi connectivity index (χ1) is 13.2. The molecule has 0 unspecified atom stereocenters. The van der Waals surface area contributed by atoms with E-state index in [1.165, 1.54) is 11.1 Å². The Morgan fingerprint density at radius 1 is 1.25 bits per heavy atom. The van der Waals surface area contributed by atoms with Gasteiger partial charge in [0, 0.05) is 26.3 Å². The van der Waals surface area contributed by atoms with Crippen LogP contribution in [0.3, 0.4) is 0 Å². The van der Waals surface area contributed by atoms with Crippen molar-refractivity contribution < 1.29 is 14.6 Å². The average Bonchev–Trinajstić information content (AvgIpc) is 2.95. The summed E-state index contributed by atoms with van der Waals surface area (Å²) in [6, 6.07) is 5.96. The van der Waals surface area contributed by atoms with Crippen molar-refractivity contribution in [3.8, 4) is 5.75 Å². The maximum atomic E-state index is 12.3. The number of benzene rings is 1. The van der Waals surface area contributed by atoms with Gasteiger partial charge >= 0.3 is 0 Å². The van der Waals surface area contributed by atoms with E-state index in [4.69, 9.17) is 4.74 Å². The third-order valence-corrected chi connectivity index (χ3v) is 5.43. The lowest BCUT2D eigenvalue weighted by Crippen LogP contribution is -2.49. The molecule has 1 aromatic carbocycles. The van der Waals surface area contributed by atoms with Crippen molar-refractivity contribution in [3.63, 3.8) is 0 Å². The van der Waals surface area contributed by atoms with Crippen molar-refractivity contribution >= 4 is 11.6 Å². The number of anilines is 1. The van der Waals surface area contributed by atoms with Crippen LogP contribution in [0.1, 0.15) is 29.7 Å². The van der Waals surface area contributed by atoms with Crippen LogP contribution in [0.25, 0.3) is 0 Å². The van der Waals surface area contributed by atoms with Crippen LogP contribution >= 0.6 is 0 Å². The zero-order chi connectivity index (χ0) is 20.3. The highest BCUT2D eigenvalue weighted by molar-refractivity contribution is 5.92. The van der Waals surface area contributed by atoms with Crippen LogP contribution in [0.5, 0.6) is 5.75 Å². The maximum absolute atomic E-state index is 12.3. The van der Waals surface area contributed by atoms with Crippen LogP contribution in [0.15, 0.2) is 24.4 Å². The molecule has 0 saturated carbocycles. The zero-order valence-corrected chi connectivity index (χ0v) is 17.2. The topological polar surface area (TPSA) is 79.6 Å². The number of aromatic nitrogens is 2. The molecule has 7 nitrogen and oxygen atoms in total. The van der Waals surface area contributed by atoms with E-state index in [0.717, 1.165) is 17.1 Å². The number of hydrogen-bond acceptors (Lipinski definition) is 5. The Balaban J connectivity index is 1.45. The smallest absolute Gasteiger partial charge is 0.238 e. The Labute approximate surface area is 166 Å².